The zero-order valence-electron chi connectivity index (χ0n) is 12.2. The van der Waals surface area contributed by atoms with E-state index in [1.54, 1.807) is 19.1 Å². The SMILES string of the molecule is COC(=O)C1=C(C)NC(=O)N[C@@H]1c1cc(I)c(O)c(OC)c1. The molecule has 1 aromatic rings. The summed E-state index contributed by atoms with van der Waals surface area (Å²) < 4.78 is 10.4. The Balaban J connectivity index is 2.58. The summed E-state index contributed by atoms with van der Waals surface area (Å²) in [5.74, 6) is -0.277. The summed E-state index contributed by atoms with van der Waals surface area (Å²) in [6.07, 6.45) is 0. The smallest absolute Gasteiger partial charge is 0.337 e. The van der Waals surface area contributed by atoms with Gasteiger partial charge in [-0.15, -0.1) is 0 Å². The predicted octanol–water partition coefficient (Wildman–Crippen LogP) is 1.81. The molecule has 8 heteroatoms. The van der Waals surface area contributed by atoms with Crippen molar-refractivity contribution in [1.82, 2.24) is 10.6 Å². The minimum Gasteiger partial charge on any atom is -0.504 e. The topological polar surface area (TPSA) is 96.9 Å². The van der Waals surface area contributed by atoms with Crippen LogP contribution in [0.3, 0.4) is 0 Å². The van der Waals surface area contributed by atoms with E-state index in [0.29, 0.717) is 20.4 Å². The molecule has 0 spiro atoms. The molecular formula is C14H15IN2O5. The standard InChI is InChI=1S/C14H15IN2O5/c1-6-10(13(19)22-3)11(17-14(20)16-6)7-4-8(15)12(18)9(5-7)21-2/h4-5,11,18H,1-3H3,(H2,16,17,20)/t11-/m1/s1. The Kier molecular flexibility index (Phi) is 4.79. The molecule has 7 nitrogen and oxygen atoms in total. The van der Waals surface area contributed by atoms with Gasteiger partial charge in [-0.05, 0) is 47.2 Å². The Morgan fingerprint density at radius 3 is 2.64 bits per heavy atom. The van der Waals surface area contributed by atoms with Gasteiger partial charge in [0.05, 0.1) is 29.4 Å². The molecule has 3 N–H and O–H groups in total. The maximum atomic E-state index is 12.0. The van der Waals surface area contributed by atoms with Crippen LogP contribution < -0.4 is 15.4 Å². The largest absolute Gasteiger partial charge is 0.504 e. The summed E-state index contributed by atoms with van der Waals surface area (Å²) in [5, 5.41) is 15.1. The van der Waals surface area contributed by atoms with Gasteiger partial charge in [0.2, 0.25) is 0 Å². The monoisotopic (exact) mass is 418 g/mol. The van der Waals surface area contributed by atoms with Gasteiger partial charge < -0.3 is 25.2 Å². The lowest BCUT2D eigenvalue weighted by molar-refractivity contribution is -0.136. The molecule has 22 heavy (non-hydrogen) atoms. The Morgan fingerprint density at radius 2 is 2.05 bits per heavy atom. The van der Waals surface area contributed by atoms with Crippen LogP contribution in [-0.4, -0.2) is 31.3 Å². The van der Waals surface area contributed by atoms with Crippen molar-refractivity contribution in [2.75, 3.05) is 14.2 Å². The zero-order chi connectivity index (χ0) is 16.4. The summed E-state index contributed by atoms with van der Waals surface area (Å²) in [6, 6.07) is 2.14. The first-order chi connectivity index (χ1) is 10.4. The van der Waals surface area contributed by atoms with Crippen LogP contribution in [0, 0.1) is 3.57 Å². The lowest BCUT2D eigenvalue weighted by Crippen LogP contribution is -2.45. The summed E-state index contributed by atoms with van der Waals surface area (Å²) in [4.78, 5) is 23.7. The number of phenolic OH excluding ortho intramolecular Hbond substituents is 1. The quantitative estimate of drug-likeness (QED) is 0.514. The number of carbonyl (C=O) groups is 2. The van der Waals surface area contributed by atoms with Crippen molar-refractivity contribution in [2.24, 2.45) is 0 Å². The lowest BCUT2D eigenvalue weighted by atomic mass is 9.95. The first kappa shape index (κ1) is 16.4. The van der Waals surface area contributed by atoms with Crippen LogP contribution in [0.2, 0.25) is 0 Å². The summed E-state index contributed by atoms with van der Waals surface area (Å²) in [5.41, 5.74) is 1.32. The molecule has 0 bridgehead atoms. The minimum absolute atomic E-state index is 0.00688. The van der Waals surface area contributed by atoms with Crippen molar-refractivity contribution in [3.63, 3.8) is 0 Å². The highest BCUT2D eigenvalue weighted by molar-refractivity contribution is 14.1. The van der Waals surface area contributed by atoms with E-state index in [1.165, 1.54) is 14.2 Å². The number of ether oxygens (including phenoxy) is 2. The highest BCUT2D eigenvalue weighted by Crippen LogP contribution is 2.37. The third-order valence-electron chi connectivity index (χ3n) is 3.28. The number of benzene rings is 1. The van der Waals surface area contributed by atoms with Crippen LogP contribution in [-0.2, 0) is 9.53 Å². The lowest BCUT2D eigenvalue weighted by Gasteiger charge is -2.28. The average molecular weight is 418 g/mol. The van der Waals surface area contributed by atoms with Crippen molar-refractivity contribution in [2.45, 2.75) is 13.0 Å². The molecule has 0 saturated heterocycles. The summed E-state index contributed by atoms with van der Waals surface area (Å²) >= 11 is 1.95. The Hall–Kier alpha value is -1.97. The maximum Gasteiger partial charge on any atom is 0.337 e. The molecule has 0 aliphatic carbocycles. The Morgan fingerprint density at radius 1 is 1.36 bits per heavy atom. The number of halogens is 1. The second kappa shape index (κ2) is 6.42. The van der Waals surface area contributed by atoms with Crippen molar-refractivity contribution in [3.8, 4) is 11.5 Å². The fraction of sp³-hybridized carbons (Fsp3) is 0.286. The molecular weight excluding hydrogens is 403 g/mol. The van der Waals surface area contributed by atoms with E-state index >= 15 is 0 Å². The third-order valence-corrected chi connectivity index (χ3v) is 4.10. The Labute approximate surface area is 140 Å². The number of amides is 2. The van der Waals surface area contributed by atoms with Crippen LogP contribution >= 0.6 is 22.6 Å². The van der Waals surface area contributed by atoms with E-state index < -0.39 is 18.0 Å². The number of rotatable bonds is 3. The van der Waals surface area contributed by atoms with E-state index in [0.717, 1.165) is 0 Å². The zero-order valence-corrected chi connectivity index (χ0v) is 14.3. The first-order valence-electron chi connectivity index (χ1n) is 6.32. The second-order valence-electron chi connectivity index (χ2n) is 4.62. The van der Waals surface area contributed by atoms with E-state index in [-0.39, 0.29) is 11.5 Å². The number of methoxy groups -OCH3 is 2. The van der Waals surface area contributed by atoms with E-state index in [4.69, 9.17) is 9.47 Å². The van der Waals surface area contributed by atoms with E-state index in [2.05, 4.69) is 10.6 Å². The van der Waals surface area contributed by atoms with Crippen LogP contribution in [0.15, 0.2) is 23.4 Å². The molecule has 1 heterocycles. The number of urea groups is 1. The number of aromatic hydroxyl groups is 1. The van der Waals surface area contributed by atoms with Gasteiger partial charge in [-0.25, -0.2) is 9.59 Å². The Bertz CT molecular complexity index is 671. The van der Waals surface area contributed by atoms with Crippen molar-refractivity contribution in [1.29, 1.82) is 0 Å². The van der Waals surface area contributed by atoms with Gasteiger partial charge in [0.25, 0.3) is 0 Å². The number of allylic oxidation sites excluding steroid dienone is 1. The number of esters is 1. The van der Waals surface area contributed by atoms with Crippen LogP contribution in [0.5, 0.6) is 11.5 Å². The first-order valence-corrected chi connectivity index (χ1v) is 7.40. The molecule has 1 aliphatic rings. The number of hydrogen-bond acceptors (Lipinski definition) is 5. The highest BCUT2D eigenvalue weighted by atomic mass is 127. The van der Waals surface area contributed by atoms with Crippen LogP contribution in [0.1, 0.15) is 18.5 Å². The van der Waals surface area contributed by atoms with Gasteiger partial charge in [-0.2, -0.15) is 0 Å². The fourth-order valence-electron chi connectivity index (χ4n) is 2.24. The fourth-order valence-corrected chi connectivity index (χ4v) is 2.87. The molecule has 0 unspecified atom stereocenters. The molecule has 2 amide bonds. The molecule has 1 aromatic carbocycles. The van der Waals surface area contributed by atoms with Crippen LogP contribution in [0.25, 0.3) is 0 Å². The van der Waals surface area contributed by atoms with Crippen molar-refractivity contribution < 1.29 is 24.2 Å². The van der Waals surface area contributed by atoms with Gasteiger partial charge in [-0.1, -0.05) is 0 Å². The second-order valence-corrected chi connectivity index (χ2v) is 5.78. The molecule has 1 atom stereocenters. The van der Waals surface area contributed by atoms with E-state index in [9.17, 15) is 14.7 Å². The van der Waals surface area contributed by atoms with Gasteiger partial charge in [0.1, 0.15) is 0 Å². The normalized spacial score (nSPS) is 17.6. The molecule has 2 rings (SSSR count). The molecule has 0 saturated carbocycles. The van der Waals surface area contributed by atoms with Gasteiger partial charge >= 0.3 is 12.0 Å². The van der Waals surface area contributed by atoms with Crippen LogP contribution in [0.4, 0.5) is 4.79 Å². The van der Waals surface area contributed by atoms with Gasteiger partial charge in [0.15, 0.2) is 11.5 Å². The average Bonchev–Trinajstić information content (AvgIpc) is 2.48. The maximum absolute atomic E-state index is 12.0. The molecule has 0 fully saturated rings. The predicted molar refractivity (Wildman–Crippen MR) is 86.5 cm³/mol. The molecule has 1 aliphatic heterocycles. The molecule has 0 radical (unpaired) electrons. The minimum atomic E-state index is -0.691. The molecule has 0 aromatic heterocycles. The van der Waals surface area contributed by atoms with Gasteiger partial charge in [-0.3, -0.25) is 0 Å². The van der Waals surface area contributed by atoms with Gasteiger partial charge in [0, 0.05) is 5.70 Å². The van der Waals surface area contributed by atoms with Crippen molar-refractivity contribution in [3.05, 3.63) is 32.5 Å². The highest BCUT2D eigenvalue weighted by Gasteiger charge is 2.32. The molecule has 118 valence electrons. The number of hydrogen-bond donors (Lipinski definition) is 3. The number of nitrogens with one attached hydrogen (secondary N) is 2. The summed E-state index contributed by atoms with van der Waals surface area (Å²) in [7, 11) is 2.70. The number of carbonyl (C=O) groups excluding carboxylic acids is 2. The third kappa shape index (κ3) is 2.96. The van der Waals surface area contributed by atoms with Crippen molar-refractivity contribution >= 4 is 34.6 Å². The summed E-state index contributed by atoms with van der Waals surface area (Å²) in [6.45, 7) is 1.63. The van der Waals surface area contributed by atoms with E-state index in [1.807, 2.05) is 22.6 Å². The number of phenols is 1.